The molecule has 0 saturated carbocycles. The molecular weight excluding hydrogens is 270 g/mol. The average molecular weight is 289 g/mol. The van der Waals surface area contributed by atoms with Crippen molar-refractivity contribution in [1.29, 1.82) is 0 Å². The highest BCUT2D eigenvalue weighted by molar-refractivity contribution is 6.03. The van der Waals surface area contributed by atoms with Crippen LogP contribution in [0.1, 0.15) is 29.0 Å². The summed E-state index contributed by atoms with van der Waals surface area (Å²) < 4.78 is 11.3. The van der Waals surface area contributed by atoms with Gasteiger partial charge in [-0.15, -0.1) is 0 Å². The molecule has 3 rings (SSSR count). The molecule has 1 fully saturated rings. The van der Waals surface area contributed by atoms with Crippen LogP contribution in [0.4, 0.5) is 0 Å². The van der Waals surface area contributed by atoms with Gasteiger partial charge >= 0.3 is 5.97 Å². The number of fused-ring (bicyclic) bond motifs is 1. The summed E-state index contributed by atoms with van der Waals surface area (Å²) in [5.41, 5.74) is 0.806. The number of aromatic carboxylic acids is 1. The molecule has 0 radical (unpaired) electrons. The lowest BCUT2D eigenvalue weighted by atomic mass is 10.0. The minimum Gasteiger partial charge on any atom is -0.478 e. The molecule has 1 aliphatic rings. The highest BCUT2D eigenvalue weighted by Crippen LogP contribution is 2.26. The Labute approximate surface area is 122 Å². The minimum absolute atomic E-state index is 0.201. The van der Waals surface area contributed by atoms with Gasteiger partial charge in [0.25, 0.3) is 0 Å². The lowest BCUT2D eigenvalue weighted by Gasteiger charge is -2.22. The summed E-state index contributed by atoms with van der Waals surface area (Å²) in [5, 5.41) is 13.3. The molecule has 1 aliphatic heterocycles. The molecule has 1 saturated heterocycles. The number of hydrogen-bond donors (Lipinski definition) is 2. The van der Waals surface area contributed by atoms with Crippen LogP contribution in [0.15, 0.2) is 28.7 Å². The number of piperidine rings is 1. The van der Waals surface area contributed by atoms with Gasteiger partial charge in [0.1, 0.15) is 23.5 Å². The number of carboxylic acids is 1. The van der Waals surface area contributed by atoms with E-state index in [1.165, 1.54) is 6.42 Å². The van der Waals surface area contributed by atoms with Crippen LogP contribution in [-0.4, -0.2) is 30.8 Å². The van der Waals surface area contributed by atoms with Crippen molar-refractivity contribution in [2.75, 3.05) is 19.7 Å². The Balaban J connectivity index is 1.71. The Morgan fingerprint density at radius 3 is 3.05 bits per heavy atom. The lowest BCUT2D eigenvalue weighted by Crippen LogP contribution is -2.32. The highest BCUT2D eigenvalue weighted by atomic mass is 16.5. The molecule has 5 heteroatoms. The third-order valence-electron chi connectivity index (χ3n) is 3.87. The van der Waals surface area contributed by atoms with Crippen molar-refractivity contribution in [1.82, 2.24) is 5.32 Å². The van der Waals surface area contributed by atoms with Crippen molar-refractivity contribution in [2.45, 2.75) is 19.4 Å². The van der Waals surface area contributed by atoms with Crippen LogP contribution in [0.2, 0.25) is 0 Å². The zero-order valence-electron chi connectivity index (χ0n) is 11.8. The first-order chi connectivity index (χ1) is 10.3. The summed E-state index contributed by atoms with van der Waals surface area (Å²) in [6.45, 7) is 2.87. The number of benzene rings is 1. The van der Waals surface area contributed by atoms with Crippen LogP contribution in [-0.2, 0) is 11.3 Å². The van der Waals surface area contributed by atoms with E-state index in [2.05, 4.69) is 5.32 Å². The topological polar surface area (TPSA) is 71.7 Å². The summed E-state index contributed by atoms with van der Waals surface area (Å²) in [7, 11) is 0. The number of carbonyl (C=O) groups is 1. The van der Waals surface area contributed by atoms with Gasteiger partial charge in [-0.05, 0) is 31.4 Å². The molecule has 2 heterocycles. The van der Waals surface area contributed by atoms with Gasteiger partial charge in [0.15, 0.2) is 0 Å². The number of para-hydroxylation sites is 1. The van der Waals surface area contributed by atoms with Gasteiger partial charge in [0.2, 0.25) is 0 Å². The van der Waals surface area contributed by atoms with Gasteiger partial charge in [0.05, 0.1) is 6.61 Å². The molecule has 0 spiro atoms. The van der Waals surface area contributed by atoms with E-state index in [4.69, 9.17) is 9.15 Å². The molecular formula is C16H19NO4. The van der Waals surface area contributed by atoms with Crippen molar-refractivity contribution in [2.24, 2.45) is 5.92 Å². The summed E-state index contributed by atoms with van der Waals surface area (Å²) in [4.78, 5) is 11.4. The molecule has 1 aromatic heterocycles. The second-order valence-electron chi connectivity index (χ2n) is 5.43. The normalized spacial score (nSPS) is 19.0. The van der Waals surface area contributed by atoms with Gasteiger partial charge in [-0.1, -0.05) is 18.2 Å². The molecule has 112 valence electrons. The number of furan rings is 1. The molecule has 0 bridgehead atoms. The fourth-order valence-electron chi connectivity index (χ4n) is 2.82. The third-order valence-corrected chi connectivity index (χ3v) is 3.87. The van der Waals surface area contributed by atoms with E-state index in [1.807, 2.05) is 12.1 Å². The van der Waals surface area contributed by atoms with E-state index < -0.39 is 5.97 Å². The molecule has 2 aromatic rings. The summed E-state index contributed by atoms with van der Waals surface area (Å²) in [6, 6.07) is 7.17. The van der Waals surface area contributed by atoms with Gasteiger partial charge in [0, 0.05) is 11.9 Å². The van der Waals surface area contributed by atoms with Gasteiger partial charge in [-0.25, -0.2) is 4.79 Å². The van der Waals surface area contributed by atoms with Gasteiger partial charge < -0.3 is 19.6 Å². The van der Waals surface area contributed by atoms with E-state index in [0.29, 0.717) is 29.3 Å². The van der Waals surface area contributed by atoms with Crippen molar-refractivity contribution >= 4 is 16.9 Å². The van der Waals surface area contributed by atoms with E-state index in [0.717, 1.165) is 19.5 Å². The Hall–Kier alpha value is -1.85. The smallest absolute Gasteiger partial charge is 0.340 e. The van der Waals surface area contributed by atoms with Crippen LogP contribution in [0, 0.1) is 5.92 Å². The van der Waals surface area contributed by atoms with Crippen molar-refractivity contribution in [3.05, 3.63) is 35.6 Å². The lowest BCUT2D eigenvalue weighted by molar-refractivity contribution is 0.0619. The molecule has 0 aliphatic carbocycles. The summed E-state index contributed by atoms with van der Waals surface area (Å²) in [5.74, 6) is -0.0817. The number of carboxylic acid groups (broad SMARTS) is 1. The zero-order valence-corrected chi connectivity index (χ0v) is 11.8. The molecule has 0 amide bonds. The van der Waals surface area contributed by atoms with Gasteiger partial charge in [-0.2, -0.15) is 0 Å². The molecule has 21 heavy (non-hydrogen) atoms. The SMILES string of the molecule is O=C(O)c1c(COCC2CCCNC2)oc2ccccc12. The maximum atomic E-state index is 11.4. The summed E-state index contributed by atoms with van der Waals surface area (Å²) in [6.07, 6.45) is 2.32. The minimum atomic E-state index is -0.974. The fourth-order valence-corrected chi connectivity index (χ4v) is 2.82. The highest BCUT2D eigenvalue weighted by Gasteiger charge is 2.20. The quantitative estimate of drug-likeness (QED) is 0.885. The third kappa shape index (κ3) is 3.09. The predicted molar refractivity (Wildman–Crippen MR) is 78.4 cm³/mol. The Kier molecular flexibility index (Phi) is 4.22. The Bertz CT molecular complexity index is 628. The molecule has 1 aromatic carbocycles. The first-order valence-electron chi connectivity index (χ1n) is 7.28. The van der Waals surface area contributed by atoms with Crippen molar-refractivity contribution in [3.63, 3.8) is 0 Å². The van der Waals surface area contributed by atoms with Gasteiger partial charge in [-0.3, -0.25) is 0 Å². The molecule has 1 unspecified atom stereocenters. The Morgan fingerprint density at radius 2 is 2.29 bits per heavy atom. The molecule has 5 nitrogen and oxygen atoms in total. The second-order valence-corrected chi connectivity index (χ2v) is 5.43. The first-order valence-corrected chi connectivity index (χ1v) is 7.28. The van der Waals surface area contributed by atoms with E-state index in [1.54, 1.807) is 12.1 Å². The van der Waals surface area contributed by atoms with Crippen molar-refractivity contribution in [3.8, 4) is 0 Å². The van der Waals surface area contributed by atoms with E-state index in [-0.39, 0.29) is 12.2 Å². The van der Waals surface area contributed by atoms with Crippen LogP contribution >= 0.6 is 0 Å². The van der Waals surface area contributed by atoms with E-state index >= 15 is 0 Å². The largest absolute Gasteiger partial charge is 0.478 e. The first kappa shape index (κ1) is 14.1. The number of rotatable bonds is 5. The fraction of sp³-hybridized carbons (Fsp3) is 0.438. The maximum absolute atomic E-state index is 11.4. The average Bonchev–Trinajstić information content (AvgIpc) is 2.86. The summed E-state index contributed by atoms with van der Waals surface area (Å²) >= 11 is 0. The number of hydrogen-bond acceptors (Lipinski definition) is 4. The van der Waals surface area contributed by atoms with Crippen molar-refractivity contribution < 1.29 is 19.1 Å². The Morgan fingerprint density at radius 1 is 1.43 bits per heavy atom. The number of nitrogens with one attached hydrogen (secondary N) is 1. The maximum Gasteiger partial charge on any atom is 0.340 e. The second kappa shape index (κ2) is 6.28. The monoisotopic (exact) mass is 289 g/mol. The van der Waals surface area contributed by atoms with Crippen LogP contribution < -0.4 is 5.32 Å². The van der Waals surface area contributed by atoms with Crippen LogP contribution in [0.25, 0.3) is 11.0 Å². The van der Waals surface area contributed by atoms with E-state index in [9.17, 15) is 9.90 Å². The number of ether oxygens (including phenoxy) is 1. The molecule has 2 N–H and O–H groups in total. The zero-order chi connectivity index (χ0) is 14.7. The standard InChI is InChI=1S/C16H19NO4/c18-16(19)15-12-5-1-2-6-13(12)21-14(15)10-20-9-11-4-3-7-17-8-11/h1-2,5-6,11,17H,3-4,7-10H2,(H,18,19). The molecule has 1 atom stereocenters. The van der Waals surface area contributed by atoms with Crippen LogP contribution in [0.3, 0.4) is 0 Å². The predicted octanol–water partition coefficient (Wildman–Crippen LogP) is 2.65. The van der Waals surface area contributed by atoms with Crippen LogP contribution in [0.5, 0.6) is 0 Å².